The van der Waals surface area contributed by atoms with Crippen molar-refractivity contribution in [1.82, 2.24) is 4.31 Å². The van der Waals surface area contributed by atoms with Gasteiger partial charge in [0, 0.05) is 23.7 Å². The number of piperidine rings is 1. The number of hydrogen-bond acceptors (Lipinski definition) is 4. The maximum absolute atomic E-state index is 12.5. The molecule has 1 unspecified atom stereocenters. The molecule has 1 aliphatic heterocycles. The molecule has 1 atom stereocenters. The molecule has 1 heterocycles. The van der Waals surface area contributed by atoms with E-state index in [1.165, 1.54) is 4.31 Å². The minimum atomic E-state index is -3.23. The second kappa shape index (κ2) is 8.17. The minimum Gasteiger partial charge on any atom is -0.326 e. The average molecular weight is 357 g/mol. The summed E-state index contributed by atoms with van der Waals surface area (Å²) in [4.78, 5) is 13.5. The maximum Gasteiger partial charge on any atom is 0.228 e. The van der Waals surface area contributed by atoms with Crippen LogP contribution in [0.2, 0.25) is 0 Å². The van der Waals surface area contributed by atoms with E-state index in [2.05, 4.69) is 5.32 Å². The Morgan fingerprint density at radius 2 is 2.22 bits per heavy atom. The van der Waals surface area contributed by atoms with Gasteiger partial charge in [0.25, 0.3) is 0 Å². The Morgan fingerprint density at radius 1 is 1.43 bits per heavy atom. The number of sulfonamides is 1. The van der Waals surface area contributed by atoms with Gasteiger partial charge in [-0.05, 0) is 43.7 Å². The summed E-state index contributed by atoms with van der Waals surface area (Å²) in [5, 5.41) is 2.92. The predicted octanol–water partition coefficient (Wildman–Crippen LogP) is 2.80. The highest BCUT2D eigenvalue weighted by molar-refractivity contribution is 7.98. The van der Waals surface area contributed by atoms with Crippen LogP contribution in [0.15, 0.2) is 29.2 Å². The average Bonchev–Trinajstić information content (AvgIpc) is 2.55. The zero-order valence-electron chi connectivity index (χ0n) is 13.6. The van der Waals surface area contributed by atoms with E-state index < -0.39 is 10.0 Å². The SMILES string of the molecule is CCCS(=O)(=O)N1CCCC(C(=O)Nc2cccc(SC)c2)C1. The Balaban J connectivity index is 2.01. The smallest absolute Gasteiger partial charge is 0.228 e. The maximum atomic E-state index is 12.5. The van der Waals surface area contributed by atoms with Gasteiger partial charge in [-0.25, -0.2) is 12.7 Å². The zero-order valence-corrected chi connectivity index (χ0v) is 15.3. The number of anilines is 1. The van der Waals surface area contributed by atoms with Crippen LogP contribution in [0.3, 0.4) is 0 Å². The van der Waals surface area contributed by atoms with E-state index in [1.807, 2.05) is 37.4 Å². The summed E-state index contributed by atoms with van der Waals surface area (Å²) in [5.41, 5.74) is 0.760. The quantitative estimate of drug-likeness (QED) is 0.796. The molecule has 1 aliphatic rings. The van der Waals surface area contributed by atoms with Gasteiger partial charge in [0.15, 0.2) is 0 Å². The van der Waals surface area contributed by atoms with Crippen molar-refractivity contribution in [3.63, 3.8) is 0 Å². The Bertz CT molecular complexity index is 646. The number of carbonyl (C=O) groups is 1. The molecule has 23 heavy (non-hydrogen) atoms. The monoisotopic (exact) mass is 356 g/mol. The van der Waals surface area contributed by atoms with E-state index in [9.17, 15) is 13.2 Å². The Kier molecular flexibility index (Phi) is 6.50. The summed E-state index contributed by atoms with van der Waals surface area (Å²) in [6.07, 6.45) is 4.04. The van der Waals surface area contributed by atoms with Crippen molar-refractivity contribution in [3.8, 4) is 0 Å². The third-order valence-electron chi connectivity index (χ3n) is 3.95. The normalized spacial score (nSPS) is 19.5. The molecule has 7 heteroatoms. The number of rotatable bonds is 6. The third kappa shape index (κ3) is 4.96. The molecule has 2 rings (SSSR count). The van der Waals surface area contributed by atoms with Gasteiger partial charge >= 0.3 is 0 Å². The fourth-order valence-corrected chi connectivity index (χ4v) is 4.79. The number of nitrogens with one attached hydrogen (secondary N) is 1. The van der Waals surface area contributed by atoms with Crippen molar-refractivity contribution in [3.05, 3.63) is 24.3 Å². The molecule has 0 bridgehead atoms. The number of amides is 1. The molecule has 5 nitrogen and oxygen atoms in total. The number of hydrogen-bond donors (Lipinski definition) is 1. The van der Waals surface area contributed by atoms with Gasteiger partial charge in [0.2, 0.25) is 15.9 Å². The first-order valence-electron chi connectivity index (χ1n) is 7.89. The number of benzene rings is 1. The number of thioether (sulfide) groups is 1. The molecule has 0 spiro atoms. The van der Waals surface area contributed by atoms with Gasteiger partial charge in [-0.1, -0.05) is 13.0 Å². The van der Waals surface area contributed by atoms with Gasteiger partial charge in [-0.3, -0.25) is 4.79 Å². The van der Waals surface area contributed by atoms with Gasteiger partial charge in [0.1, 0.15) is 0 Å². The van der Waals surface area contributed by atoms with Gasteiger partial charge in [0.05, 0.1) is 11.7 Å². The highest BCUT2D eigenvalue weighted by atomic mass is 32.2. The Morgan fingerprint density at radius 3 is 2.91 bits per heavy atom. The van der Waals surface area contributed by atoms with E-state index in [1.54, 1.807) is 11.8 Å². The largest absolute Gasteiger partial charge is 0.326 e. The third-order valence-corrected chi connectivity index (χ3v) is 6.72. The molecule has 1 aromatic rings. The van der Waals surface area contributed by atoms with Crippen LogP contribution in [-0.2, 0) is 14.8 Å². The van der Waals surface area contributed by atoms with Crippen LogP contribution in [0, 0.1) is 5.92 Å². The fourth-order valence-electron chi connectivity index (χ4n) is 2.74. The lowest BCUT2D eigenvalue weighted by Gasteiger charge is -2.31. The molecule has 1 aromatic carbocycles. The van der Waals surface area contributed by atoms with Crippen LogP contribution in [0.4, 0.5) is 5.69 Å². The van der Waals surface area contributed by atoms with Crippen LogP contribution in [0.5, 0.6) is 0 Å². The summed E-state index contributed by atoms with van der Waals surface area (Å²) >= 11 is 1.62. The van der Waals surface area contributed by atoms with E-state index in [0.717, 1.165) is 23.4 Å². The molecule has 1 amide bonds. The molecule has 1 N–H and O–H groups in total. The second-order valence-electron chi connectivity index (χ2n) is 5.73. The molecular formula is C16H24N2O3S2. The van der Waals surface area contributed by atoms with E-state index in [-0.39, 0.29) is 24.1 Å². The molecule has 1 fully saturated rings. The summed E-state index contributed by atoms with van der Waals surface area (Å²) in [5.74, 6) is -0.232. The van der Waals surface area contributed by atoms with Crippen molar-refractivity contribution in [1.29, 1.82) is 0 Å². The molecule has 0 radical (unpaired) electrons. The molecular weight excluding hydrogens is 332 g/mol. The number of carbonyl (C=O) groups excluding carboxylic acids is 1. The summed E-state index contributed by atoms with van der Waals surface area (Å²) in [7, 11) is -3.23. The highest BCUT2D eigenvalue weighted by Gasteiger charge is 2.31. The van der Waals surface area contributed by atoms with Gasteiger partial charge in [-0.2, -0.15) is 0 Å². The van der Waals surface area contributed by atoms with Gasteiger partial charge in [-0.15, -0.1) is 11.8 Å². The first kappa shape index (κ1) is 18.3. The molecule has 0 aromatic heterocycles. The summed E-state index contributed by atoms with van der Waals surface area (Å²) in [6, 6.07) is 7.67. The standard InChI is InChI=1S/C16H24N2O3S2/c1-3-10-23(20,21)18-9-5-6-13(12-18)16(19)17-14-7-4-8-15(11-14)22-2/h4,7-8,11,13H,3,5-6,9-10,12H2,1-2H3,(H,17,19). The number of nitrogens with zero attached hydrogens (tertiary/aromatic N) is 1. The second-order valence-corrected chi connectivity index (χ2v) is 8.70. The van der Waals surface area contributed by atoms with Crippen LogP contribution in [0.25, 0.3) is 0 Å². The van der Waals surface area contributed by atoms with Crippen molar-refractivity contribution in [2.24, 2.45) is 5.92 Å². The lowest BCUT2D eigenvalue weighted by molar-refractivity contribution is -0.120. The van der Waals surface area contributed by atoms with E-state index in [4.69, 9.17) is 0 Å². The van der Waals surface area contributed by atoms with Crippen molar-refractivity contribution in [2.75, 3.05) is 30.4 Å². The van der Waals surface area contributed by atoms with Gasteiger partial charge < -0.3 is 5.32 Å². The summed E-state index contributed by atoms with van der Waals surface area (Å²) < 4.78 is 25.8. The summed E-state index contributed by atoms with van der Waals surface area (Å²) in [6.45, 7) is 2.66. The van der Waals surface area contributed by atoms with Crippen LogP contribution in [-0.4, -0.2) is 43.7 Å². The van der Waals surface area contributed by atoms with E-state index >= 15 is 0 Å². The lowest BCUT2D eigenvalue weighted by Crippen LogP contribution is -2.44. The fraction of sp³-hybridized carbons (Fsp3) is 0.562. The topological polar surface area (TPSA) is 66.5 Å². The van der Waals surface area contributed by atoms with Crippen LogP contribution < -0.4 is 5.32 Å². The minimum absolute atomic E-state index is 0.0975. The van der Waals surface area contributed by atoms with Crippen LogP contribution >= 0.6 is 11.8 Å². The predicted molar refractivity (Wildman–Crippen MR) is 95.2 cm³/mol. The van der Waals surface area contributed by atoms with E-state index in [0.29, 0.717) is 13.0 Å². The van der Waals surface area contributed by atoms with Crippen molar-refractivity contribution >= 4 is 33.4 Å². The molecule has 0 saturated carbocycles. The first-order valence-corrected chi connectivity index (χ1v) is 10.7. The highest BCUT2D eigenvalue weighted by Crippen LogP contribution is 2.23. The molecule has 0 aliphatic carbocycles. The van der Waals surface area contributed by atoms with Crippen LogP contribution in [0.1, 0.15) is 26.2 Å². The molecule has 128 valence electrons. The Labute approximate surface area is 142 Å². The molecule has 1 saturated heterocycles. The lowest BCUT2D eigenvalue weighted by atomic mass is 9.99. The zero-order chi connectivity index (χ0) is 16.9. The first-order chi connectivity index (χ1) is 11.0. The van der Waals surface area contributed by atoms with Crippen molar-refractivity contribution in [2.45, 2.75) is 31.1 Å². The Hall–Kier alpha value is -1.05. The van der Waals surface area contributed by atoms with Crippen molar-refractivity contribution < 1.29 is 13.2 Å².